The van der Waals surface area contributed by atoms with Crippen molar-refractivity contribution in [2.24, 2.45) is 0 Å². The molecule has 1 aliphatic heterocycles. The molecule has 100 valence electrons. The highest BCUT2D eigenvalue weighted by atomic mass is 16.5. The van der Waals surface area contributed by atoms with Crippen molar-refractivity contribution in [3.8, 4) is 0 Å². The van der Waals surface area contributed by atoms with Crippen LogP contribution in [0.1, 0.15) is 18.9 Å². The summed E-state index contributed by atoms with van der Waals surface area (Å²) in [6, 6.07) is 10.1. The van der Waals surface area contributed by atoms with E-state index in [1.807, 2.05) is 50.4 Å². The molecule has 0 N–H and O–H groups in total. The SMILES string of the molecule is C=CC1CC(C(=O)OCC)=C(c2ccccc2)N1C. The van der Waals surface area contributed by atoms with Gasteiger partial charge in [0.25, 0.3) is 0 Å². The molecule has 1 aliphatic rings. The molecule has 1 atom stereocenters. The summed E-state index contributed by atoms with van der Waals surface area (Å²) in [7, 11) is 1.99. The van der Waals surface area contributed by atoms with Crippen molar-refractivity contribution in [1.29, 1.82) is 0 Å². The van der Waals surface area contributed by atoms with Crippen molar-refractivity contribution in [3.63, 3.8) is 0 Å². The number of carbonyl (C=O) groups excluding carboxylic acids is 1. The topological polar surface area (TPSA) is 29.5 Å². The van der Waals surface area contributed by atoms with Gasteiger partial charge in [0.2, 0.25) is 0 Å². The molecule has 2 rings (SSSR count). The molecule has 0 radical (unpaired) electrons. The van der Waals surface area contributed by atoms with Crippen LogP contribution >= 0.6 is 0 Å². The third kappa shape index (κ3) is 2.55. The first-order valence-electron chi connectivity index (χ1n) is 6.50. The summed E-state index contributed by atoms with van der Waals surface area (Å²) in [5.41, 5.74) is 2.72. The second-order valence-corrected chi connectivity index (χ2v) is 4.53. The number of carbonyl (C=O) groups is 1. The van der Waals surface area contributed by atoms with E-state index in [-0.39, 0.29) is 12.0 Å². The second kappa shape index (κ2) is 5.74. The van der Waals surface area contributed by atoms with E-state index in [2.05, 4.69) is 11.5 Å². The highest BCUT2D eigenvalue weighted by Crippen LogP contribution is 2.35. The summed E-state index contributed by atoms with van der Waals surface area (Å²) >= 11 is 0. The van der Waals surface area contributed by atoms with Crippen LogP contribution < -0.4 is 0 Å². The summed E-state index contributed by atoms with van der Waals surface area (Å²) in [5.74, 6) is -0.224. The molecule has 0 aromatic heterocycles. The third-order valence-corrected chi connectivity index (χ3v) is 3.39. The molecule has 1 aromatic carbocycles. The maximum Gasteiger partial charge on any atom is 0.336 e. The number of esters is 1. The van der Waals surface area contributed by atoms with Crippen molar-refractivity contribution in [3.05, 3.63) is 54.1 Å². The molecule has 0 fully saturated rings. The molecule has 1 unspecified atom stereocenters. The number of likely N-dealkylation sites (N-methyl/N-ethyl adjacent to an activating group) is 1. The Balaban J connectivity index is 2.44. The average molecular weight is 257 g/mol. The van der Waals surface area contributed by atoms with Gasteiger partial charge < -0.3 is 9.64 Å². The van der Waals surface area contributed by atoms with Gasteiger partial charge in [0.05, 0.1) is 23.9 Å². The van der Waals surface area contributed by atoms with Crippen LogP contribution in [0.4, 0.5) is 0 Å². The minimum absolute atomic E-state index is 0.148. The van der Waals surface area contributed by atoms with Gasteiger partial charge >= 0.3 is 5.97 Å². The predicted octanol–water partition coefficient (Wildman–Crippen LogP) is 2.85. The molecule has 0 saturated heterocycles. The fraction of sp³-hybridized carbons (Fsp3) is 0.312. The zero-order chi connectivity index (χ0) is 13.8. The molecular formula is C16H19NO2. The molecule has 1 heterocycles. The Bertz CT molecular complexity index is 505. The smallest absolute Gasteiger partial charge is 0.336 e. The first kappa shape index (κ1) is 13.4. The Kier molecular flexibility index (Phi) is 4.05. The Hall–Kier alpha value is -2.03. The molecule has 0 aliphatic carbocycles. The first-order valence-corrected chi connectivity index (χ1v) is 6.50. The Morgan fingerprint density at radius 3 is 2.74 bits per heavy atom. The van der Waals surface area contributed by atoms with E-state index < -0.39 is 0 Å². The van der Waals surface area contributed by atoms with Gasteiger partial charge in [-0.1, -0.05) is 36.4 Å². The minimum Gasteiger partial charge on any atom is -0.463 e. The van der Waals surface area contributed by atoms with Crippen LogP contribution in [-0.2, 0) is 9.53 Å². The third-order valence-electron chi connectivity index (χ3n) is 3.39. The zero-order valence-electron chi connectivity index (χ0n) is 11.4. The number of ether oxygens (including phenoxy) is 1. The number of nitrogens with zero attached hydrogens (tertiary/aromatic N) is 1. The van der Waals surface area contributed by atoms with Crippen LogP contribution in [-0.4, -0.2) is 30.6 Å². The molecular weight excluding hydrogens is 238 g/mol. The fourth-order valence-electron chi connectivity index (χ4n) is 2.43. The van der Waals surface area contributed by atoms with Gasteiger partial charge in [0.1, 0.15) is 0 Å². The van der Waals surface area contributed by atoms with Crippen molar-refractivity contribution in [2.75, 3.05) is 13.7 Å². The summed E-state index contributed by atoms with van der Waals surface area (Å²) in [4.78, 5) is 14.2. The summed E-state index contributed by atoms with van der Waals surface area (Å²) < 4.78 is 5.16. The van der Waals surface area contributed by atoms with E-state index in [9.17, 15) is 4.79 Å². The molecule has 0 amide bonds. The van der Waals surface area contributed by atoms with E-state index in [1.54, 1.807) is 0 Å². The molecule has 0 spiro atoms. The van der Waals surface area contributed by atoms with E-state index in [4.69, 9.17) is 4.74 Å². The number of benzene rings is 1. The lowest BCUT2D eigenvalue weighted by atomic mass is 10.1. The van der Waals surface area contributed by atoms with Crippen molar-refractivity contribution < 1.29 is 9.53 Å². The Labute approximate surface area is 114 Å². The molecule has 1 aromatic rings. The maximum absolute atomic E-state index is 12.1. The molecule has 19 heavy (non-hydrogen) atoms. The number of hydrogen-bond donors (Lipinski definition) is 0. The van der Waals surface area contributed by atoms with E-state index in [0.29, 0.717) is 13.0 Å². The van der Waals surface area contributed by atoms with Gasteiger partial charge in [-0.15, -0.1) is 6.58 Å². The Morgan fingerprint density at radius 2 is 2.16 bits per heavy atom. The average Bonchev–Trinajstić information content (AvgIpc) is 2.77. The van der Waals surface area contributed by atoms with Crippen LogP contribution in [0.5, 0.6) is 0 Å². The zero-order valence-corrected chi connectivity index (χ0v) is 11.4. The van der Waals surface area contributed by atoms with Crippen LogP contribution in [0.25, 0.3) is 5.70 Å². The van der Waals surface area contributed by atoms with Crippen LogP contribution in [0.2, 0.25) is 0 Å². The predicted molar refractivity (Wildman–Crippen MR) is 76.4 cm³/mol. The number of rotatable bonds is 4. The normalized spacial score (nSPS) is 18.6. The quantitative estimate of drug-likeness (QED) is 0.613. The first-order chi connectivity index (χ1) is 9.19. The fourth-order valence-corrected chi connectivity index (χ4v) is 2.43. The largest absolute Gasteiger partial charge is 0.463 e. The number of hydrogen-bond acceptors (Lipinski definition) is 3. The van der Waals surface area contributed by atoms with Crippen molar-refractivity contribution >= 4 is 11.7 Å². The standard InChI is InChI=1S/C16H19NO2/c1-4-13-11-14(16(18)19-5-2)15(17(13)3)12-9-7-6-8-10-12/h4,6-10,13H,1,5,11H2,2-3H3. The summed E-state index contributed by atoms with van der Waals surface area (Å²) in [6.07, 6.45) is 2.53. The minimum atomic E-state index is -0.224. The van der Waals surface area contributed by atoms with Crippen LogP contribution in [0.15, 0.2) is 48.6 Å². The van der Waals surface area contributed by atoms with Gasteiger partial charge in [-0.3, -0.25) is 0 Å². The second-order valence-electron chi connectivity index (χ2n) is 4.53. The lowest BCUT2D eigenvalue weighted by Gasteiger charge is -2.22. The maximum atomic E-state index is 12.1. The van der Waals surface area contributed by atoms with Gasteiger partial charge in [-0.25, -0.2) is 4.79 Å². The van der Waals surface area contributed by atoms with Gasteiger partial charge in [0.15, 0.2) is 0 Å². The monoisotopic (exact) mass is 257 g/mol. The van der Waals surface area contributed by atoms with Gasteiger partial charge in [-0.05, 0) is 12.5 Å². The summed E-state index contributed by atoms with van der Waals surface area (Å²) in [5, 5.41) is 0. The van der Waals surface area contributed by atoms with E-state index >= 15 is 0 Å². The van der Waals surface area contributed by atoms with E-state index in [0.717, 1.165) is 16.8 Å². The highest BCUT2D eigenvalue weighted by Gasteiger charge is 2.32. The highest BCUT2D eigenvalue weighted by molar-refractivity contribution is 5.98. The lowest BCUT2D eigenvalue weighted by Crippen LogP contribution is -2.22. The van der Waals surface area contributed by atoms with E-state index in [1.165, 1.54) is 0 Å². The summed E-state index contributed by atoms with van der Waals surface area (Å²) in [6.45, 7) is 6.06. The van der Waals surface area contributed by atoms with Crippen molar-refractivity contribution in [2.45, 2.75) is 19.4 Å². The van der Waals surface area contributed by atoms with Crippen LogP contribution in [0, 0.1) is 0 Å². The molecule has 3 nitrogen and oxygen atoms in total. The molecule has 0 saturated carbocycles. The molecule has 3 heteroatoms. The lowest BCUT2D eigenvalue weighted by molar-refractivity contribution is -0.138. The van der Waals surface area contributed by atoms with Gasteiger partial charge in [0, 0.05) is 13.5 Å². The van der Waals surface area contributed by atoms with Gasteiger partial charge in [-0.2, -0.15) is 0 Å². The van der Waals surface area contributed by atoms with Crippen LogP contribution in [0.3, 0.4) is 0 Å². The Morgan fingerprint density at radius 1 is 1.47 bits per heavy atom. The van der Waals surface area contributed by atoms with Crippen molar-refractivity contribution in [1.82, 2.24) is 4.90 Å². The molecule has 0 bridgehead atoms.